The van der Waals surface area contributed by atoms with Crippen molar-refractivity contribution in [1.29, 1.82) is 0 Å². The lowest BCUT2D eigenvalue weighted by Gasteiger charge is -2.16. The summed E-state index contributed by atoms with van der Waals surface area (Å²) in [5.74, 6) is -0.225. The smallest absolute Gasteiger partial charge is 0.154 e. The lowest BCUT2D eigenvalue weighted by molar-refractivity contribution is 0.121. The highest BCUT2D eigenvalue weighted by molar-refractivity contribution is 7.92. The fourth-order valence-corrected chi connectivity index (χ4v) is 5.65. The molecule has 0 heterocycles. The number of sulfone groups is 1. The average molecular weight is 362 g/mol. The summed E-state index contributed by atoms with van der Waals surface area (Å²) >= 11 is 11.1. The van der Waals surface area contributed by atoms with Crippen LogP contribution in [-0.2, 0) is 14.6 Å². The second-order valence-electron chi connectivity index (χ2n) is 5.44. The molecule has 3 atom stereocenters. The standard InChI is InChI=1S/C15H20ClNO3S2/c1-3-20-9-15(14(17)21)12(13(15)22(18,19)4-2)10-5-7-11(16)8-6-10/h5-8,12-13H,3-4,9H2,1-2H3,(H2,17,21)/t12-,13-,15+/m0/s1. The highest BCUT2D eigenvalue weighted by Gasteiger charge is 2.72. The molecule has 0 bridgehead atoms. The van der Waals surface area contributed by atoms with E-state index in [1.54, 1.807) is 19.1 Å². The van der Waals surface area contributed by atoms with Gasteiger partial charge in [-0.15, -0.1) is 0 Å². The van der Waals surface area contributed by atoms with Crippen molar-refractivity contribution in [2.75, 3.05) is 19.0 Å². The predicted octanol–water partition coefficient (Wildman–Crippen LogP) is 2.55. The number of hydrogen-bond donors (Lipinski definition) is 1. The van der Waals surface area contributed by atoms with Gasteiger partial charge in [0.15, 0.2) is 9.84 Å². The molecule has 4 nitrogen and oxygen atoms in total. The minimum atomic E-state index is -3.30. The van der Waals surface area contributed by atoms with E-state index in [0.717, 1.165) is 5.56 Å². The maximum Gasteiger partial charge on any atom is 0.154 e. The normalized spacial score (nSPS) is 27.6. The number of hydrogen-bond acceptors (Lipinski definition) is 4. The van der Waals surface area contributed by atoms with Crippen LogP contribution in [0.2, 0.25) is 5.02 Å². The maximum atomic E-state index is 12.5. The zero-order valence-electron chi connectivity index (χ0n) is 12.6. The van der Waals surface area contributed by atoms with Gasteiger partial charge in [0.1, 0.15) is 0 Å². The quantitative estimate of drug-likeness (QED) is 0.756. The SMILES string of the molecule is CCOC[C@@]1(C(N)=S)[C@@H](c2ccc(Cl)cc2)[C@@H]1S(=O)(=O)CC. The Morgan fingerprint density at radius 2 is 1.95 bits per heavy atom. The first-order valence-electron chi connectivity index (χ1n) is 7.16. The van der Waals surface area contributed by atoms with E-state index in [4.69, 9.17) is 34.3 Å². The van der Waals surface area contributed by atoms with Crippen LogP contribution in [0.4, 0.5) is 0 Å². The first kappa shape index (κ1) is 17.7. The molecule has 0 spiro atoms. The summed E-state index contributed by atoms with van der Waals surface area (Å²) in [5, 5.41) is -0.0275. The fourth-order valence-electron chi connectivity index (χ4n) is 3.06. The van der Waals surface area contributed by atoms with Gasteiger partial charge in [0.2, 0.25) is 0 Å². The Labute approximate surface area is 141 Å². The molecule has 0 radical (unpaired) electrons. The van der Waals surface area contributed by atoms with Gasteiger partial charge < -0.3 is 10.5 Å². The maximum absolute atomic E-state index is 12.5. The molecule has 0 aromatic heterocycles. The van der Waals surface area contributed by atoms with E-state index in [-0.39, 0.29) is 23.3 Å². The summed E-state index contributed by atoms with van der Waals surface area (Å²) in [5.41, 5.74) is 5.98. The molecule has 0 aliphatic heterocycles. The van der Waals surface area contributed by atoms with Crippen LogP contribution in [0, 0.1) is 5.41 Å². The Bertz CT molecular complexity index is 660. The number of halogens is 1. The van der Waals surface area contributed by atoms with E-state index in [9.17, 15) is 8.42 Å². The number of thiocarbonyl (C=S) groups is 1. The zero-order valence-corrected chi connectivity index (χ0v) is 15.0. The van der Waals surface area contributed by atoms with E-state index >= 15 is 0 Å². The van der Waals surface area contributed by atoms with Crippen molar-refractivity contribution < 1.29 is 13.2 Å². The third kappa shape index (κ3) is 2.89. The Morgan fingerprint density at radius 3 is 2.41 bits per heavy atom. The van der Waals surface area contributed by atoms with E-state index in [0.29, 0.717) is 11.6 Å². The van der Waals surface area contributed by atoms with Gasteiger partial charge in [0.25, 0.3) is 0 Å². The summed E-state index contributed by atoms with van der Waals surface area (Å²) in [7, 11) is -3.30. The van der Waals surface area contributed by atoms with Crippen LogP contribution < -0.4 is 5.73 Å². The summed E-state index contributed by atoms with van der Waals surface area (Å²) in [6.45, 7) is 4.19. The largest absolute Gasteiger partial charge is 0.393 e. The fraction of sp³-hybridized carbons (Fsp3) is 0.533. The van der Waals surface area contributed by atoms with Crippen molar-refractivity contribution in [2.45, 2.75) is 25.0 Å². The molecule has 2 rings (SSSR count). The topological polar surface area (TPSA) is 69.4 Å². The second-order valence-corrected chi connectivity index (χ2v) is 8.73. The van der Waals surface area contributed by atoms with Crippen molar-refractivity contribution in [3.63, 3.8) is 0 Å². The molecule has 1 aliphatic rings. The Morgan fingerprint density at radius 1 is 1.36 bits per heavy atom. The minimum absolute atomic E-state index is 0.0538. The zero-order chi connectivity index (χ0) is 16.5. The number of nitrogens with two attached hydrogens (primary N) is 1. The van der Waals surface area contributed by atoms with Crippen LogP contribution in [0.1, 0.15) is 25.3 Å². The number of ether oxygens (including phenoxy) is 1. The molecule has 22 heavy (non-hydrogen) atoms. The first-order valence-corrected chi connectivity index (χ1v) is 9.66. The van der Waals surface area contributed by atoms with Crippen molar-refractivity contribution >= 4 is 38.6 Å². The van der Waals surface area contributed by atoms with E-state index in [2.05, 4.69) is 0 Å². The van der Waals surface area contributed by atoms with Crippen molar-refractivity contribution in [3.05, 3.63) is 34.9 Å². The first-order chi connectivity index (χ1) is 10.3. The summed E-state index contributed by atoms with van der Waals surface area (Å²) in [4.78, 5) is 0.197. The molecule has 0 unspecified atom stereocenters. The minimum Gasteiger partial charge on any atom is -0.393 e. The van der Waals surface area contributed by atoms with Gasteiger partial charge in [-0.05, 0) is 24.6 Å². The van der Waals surface area contributed by atoms with Gasteiger partial charge in [-0.1, -0.05) is 42.9 Å². The molecule has 1 aromatic carbocycles. The van der Waals surface area contributed by atoms with E-state index < -0.39 is 20.5 Å². The highest BCUT2D eigenvalue weighted by atomic mass is 35.5. The van der Waals surface area contributed by atoms with Gasteiger partial charge in [-0.3, -0.25) is 0 Å². The third-order valence-corrected chi connectivity index (χ3v) is 7.18. The van der Waals surface area contributed by atoms with Crippen LogP contribution in [0.15, 0.2) is 24.3 Å². The van der Waals surface area contributed by atoms with Crippen LogP contribution in [0.25, 0.3) is 0 Å². The number of rotatable bonds is 7. The predicted molar refractivity (Wildman–Crippen MR) is 93.2 cm³/mol. The Balaban J connectivity index is 2.48. The molecular weight excluding hydrogens is 342 g/mol. The Kier molecular flexibility index (Phi) is 5.16. The lowest BCUT2D eigenvalue weighted by atomic mass is 10.00. The van der Waals surface area contributed by atoms with Gasteiger partial charge in [-0.2, -0.15) is 0 Å². The molecule has 7 heteroatoms. The average Bonchev–Trinajstić information content (AvgIpc) is 3.17. The summed E-state index contributed by atoms with van der Waals surface area (Å²) in [6, 6.07) is 7.15. The molecule has 1 saturated carbocycles. The third-order valence-electron chi connectivity index (χ3n) is 4.28. The van der Waals surface area contributed by atoms with Crippen molar-refractivity contribution in [3.8, 4) is 0 Å². The lowest BCUT2D eigenvalue weighted by Crippen LogP contribution is -2.34. The van der Waals surface area contributed by atoms with Gasteiger partial charge in [0.05, 0.1) is 22.3 Å². The van der Waals surface area contributed by atoms with Crippen LogP contribution in [-0.4, -0.2) is 37.6 Å². The molecular formula is C15H20ClNO3S2. The number of benzene rings is 1. The van der Waals surface area contributed by atoms with E-state index in [1.807, 2.05) is 19.1 Å². The molecule has 0 saturated heterocycles. The second kappa shape index (κ2) is 6.43. The summed E-state index contributed by atoms with van der Waals surface area (Å²) < 4.78 is 30.5. The summed E-state index contributed by atoms with van der Waals surface area (Å²) in [6.07, 6.45) is 0. The van der Waals surface area contributed by atoms with Gasteiger partial charge >= 0.3 is 0 Å². The molecule has 0 amide bonds. The molecule has 122 valence electrons. The van der Waals surface area contributed by atoms with Crippen molar-refractivity contribution in [2.24, 2.45) is 11.1 Å². The van der Waals surface area contributed by atoms with Crippen LogP contribution in [0.3, 0.4) is 0 Å². The van der Waals surface area contributed by atoms with Crippen LogP contribution in [0.5, 0.6) is 0 Å². The van der Waals surface area contributed by atoms with Gasteiger partial charge in [0, 0.05) is 23.3 Å². The molecule has 1 fully saturated rings. The molecule has 1 aromatic rings. The monoisotopic (exact) mass is 361 g/mol. The Hall–Kier alpha value is -0.690. The van der Waals surface area contributed by atoms with E-state index in [1.165, 1.54) is 0 Å². The molecule has 1 aliphatic carbocycles. The highest BCUT2D eigenvalue weighted by Crippen LogP contribution is 2.63. The van der Waals surface area contributed by atoms with Gasteiger partial charge in [-0.25, -0.2) is 8.42 Å². The molecule has 2 N–H and O–H groups in total. The van der Waals surface area contributed by atoms with Crippen molar-refractivity contribution in [1.82, 2.24) is 0 Å². The van der Waals surface area contributed by atoms with Crippen LogP contribution >= 0.6 is 23.8 Å².